The highest BCUT2D eigenvalue weighted by Gasteiger charge is 2.32. The number of aryl methyl sites for hydroxylation is 2. The molecule has 0 spiro atoms. The lowest BCUT2D eigenvalue weighted by molar-refractivity contribution is 0.216. The minimum absolute atomic E-state index is 0.174. The maximum atomic E-state index is 6.28. The van der Waals surface area contributed by atoms with Crippen LogP contribution in [0.5, 0.6) is 0 Å². The lowest BCUT2D eigenvalue weighted by atomic mass is 9.78. The van der Waals surface area contributed by atoms with Gasteiger partial charge in [0.1, 0.15) is 0 Å². The van der Waals surface area contributed by atoms with Gasteiger partial charge in [-0.3, -0.25) is 0 Å². The van der Waals surface area contributed by atoms with Crippen molar-refractivity contribution in [1.82, 2.24) is 5.32 Å². The Bertz CT molecular complexity index is 460. The van der Waals surface area contributed by atoms with Gasteiger partial charge in [0.25, 0.3) is 0 Å². The molecule has 1 aromatic rings. The van der Waals surface area contributed by atoms with E-state index in [9.17, 15) is 0 Å². The number of fused-ring (bicyclic) bond motifs is 1. The van der Waals surface area contributed by atoms with Crippen LogP contribution < -0.4 is 5.32 Å². The van der Waals surface area contributed by atoms with Gasteiger partial charge in [0.15, 0.2) is 0 Å². The Labute approximate surface area is 128 Å². The van der Waals surface area contributed by atoms with E-state index in [-0.39, 0.29) is 5.54 Å². The molecule has 1 saturated carbocycles. The van der Waals surface area contributed by atoms with Gasteiger partial charge in [-0.2, -0.15) is 0 Å². The van der Waals surface area contributed by atoms with Crippen LogP contribution in [0.25, 0.3) is 0 Å². The van der Waals surface area contributed by atoms with Crippen molar-refractivity contribution in [2.75, 3.05) is 5.88 Å². The predicted octanol–water partition coefficient (Wildman–Crippen LogP) is 4.45. The molecule has 110 valence electrons. The summed E-state index contributed by atoms with van der Waals surface area (Å²) < 4.78 is 0. The van der Waals surface area contributed by atoms with Gasteiger partial charge >= 0.3 is 0 Å². The Morgan fingerprint density at radius 2 is 1.95 bits per heavy atom. The summed E-state index contributed by atoms with van der Waals surface area (Å²) in [5, 5.41) is 3.78. The van der Waals surface area contributed by atoms with E-state index in [0.29, 0.717) is 0 Å². The number of halogens is 1. The molecule has 20 heavy (non-hydrogen) atoms. The molecule has 0 atom stereocenters. The highest BCUT2D eigenvalue weighted by Crippen LogP contribution is 2.33. The third kappa shape index (κ3) is 3.04. The standard InChI is InChI=1S/C18H26ClN/c1-14-7-9-18(13-19,10-8-14)20-12-15-5-6-16-3-2-4-17(16)11-15/h5-6,11,14,20H,2-4,7-10,12-13H2,1H3. The number of hydrogen-bond acceptors (Lipinski definition) is 1. The quantitative estimate of drug-likeness (QED) is 0.808. The van der Waals surface area contributed by atoms with Crippen LogP contribution in [0.1, 0.15) is 55.7 Å². The summed E-state index contributed by atoms with van der Waals surface area (Å²) in [6, 6.07) is 7.03. The van der Waals surface area contributed by atoms with E-state index in [4.69, 9.17) is 11.6 Å². The molecule has 0 unspecified atom stereocenters. The van der Waals surface area contributed by atoms with Gasteiger partial charge in [-0.05, 0) is 67.6 Å². The summed E-state index contributed by atoms with van der Waals surface area (Å²) in [5.74, 6) is 1.61. The number of nitrogens with one attached hydrogen (secondary N) is 1. The van der Waals surface area contributed by atoms with Gasteiger partial charge in [0, 0.05) is 18.0 Å². The van der Waals surface area contributed by atoms with E-state index in [0.717, 1.165) is 18.3 Å². The highest BCUT2D eigenvalue weighted by molar-refractivity contribution is 6.18. The molecule has 0 radical (unpaired) electrons. The zero-order valence-corrected chi connectivity index (χ0v) is 13.3. The van der Waals surface area contributed by atoms with Gasteiger partial charge < -0.3 is 5.32 Å². The molecule has 1 aromatic carbocycles. The van der Waals surface area contributed by atoms with Crippen molar-refractivity contribution in [3.05, 3.63) is 34.9 Å². The molecular weight excluding hydrogens is 266 g/mol. The minimum Gasteiger partial charge on any atom is -0.306 e. The molecule has 0 aliphatic heterocycles. The van der Waals surface area contributed by atoms with Crippen molar-refractivity contribution >= 4 is 11.6 Å². The van der Waals surface area contributed by atoms with Gasteiger partial charge in [-0.25, -0.2) is 0 Å². The topological polar surface area (TPSA) is 12.0 Å². The Morgan fingerprint density at radius 3 is 2.70 bits per heavy atom. The molecule has 0 bridgehead atoms. The van der Waals surface area contributed by atoms with E-state index in [1.54, 1.807) is 11.1 Å². The maximum absolute atomic E-state index is 6.28. The van der Waals surface area contributed by atoms with E-state index < -0.39 is 0 Å². The lowest BCUT2D eigenvalue weighted by Crippen LogP contribution is -2.49. The molecular formula is C18H26ClN. The third-order valence-corrected chi connectivity index (χ3v) is 5.83. The summed E-state index contributed by atoms with van der Waals surface area (Å²) in [6.07, 6.45) is 8.93. The van der Waals surface area contributed by atoms with E-state index >= 15 is 0 Å². The Hall–Kier alpha value is -0.530. The van der Waals surface area contributed by atoms with Crippen LogP contribution in [0.2, 0.25) is 0 Å². The van der Waals surface area contributed by atoms with Crippen molar-refractivity contribution in [2.24, 2.45) is 5.92 Å². The van der Waals surface area contributed by atoms with Crippen LogP contribution >= 0.6 is 11.6 Å². The fourth-order valence-electron chi connectivity index (χ4n) is 3.70. The van der Waals surface area contributed by atoms with Crippen LogP contribution in [0.15, 0.2) is 18.2 Å². The first-order valence-corrected chi connectivity index (χ1v) is 8.66. The Kier molecular flexibility index (Phi) is 4.37. The Balaban J connectivity index is 1.63. The average molecular weight is 292 g/mol. The summed E-state index contributed by atoms with van der Waals surface area (Å²) >= 11 is 6.28. The maximum Gasteiger partial charge on any atom is 0.0406 e. The highest BCUT2D eigenvalue weighted by atomic mass is 35.5. The molecule has 0 saturated heterocycles. The monoisotopic (exact) mass is 291 g/mol. The molecule has 0 amide bonds. The Morgan fingerprint density at radius 1 is 1.20 bits per heavy atom. The van der Waals surface area contributed by atoms with Crippen LogP contribution in [-0.2, 0) is 19.4 Å². The van der Waals surface area contributed by atoms with E-state index in [2.05, 4.69) is 30.4 Å². The molecule has 0 heterocycles. The summed E-state index contributed by atoms with van der Waals surface area (Å²) in [6.45, 7) is 3.33. The lowest BCUT2D eigenvalue weighted by Gasteiger charge is -2.39. The van der Waals surface area contributed by atoms with Gasteiger partial charge in [-0.15, -0.1) is 11.6 Å². The fraction of sp³-hybridized carbons (Fsp3) is 0.667. The molecule has 2 aliphatic carbocycles. The number of hydrogen-bond donors (Lipinski definition) is 1. The van der Waals surface area contributed by atoms with Crippen molar-refractivity contribution in [3.8, 4) is 0 Å². The molecule has 0 aromatic heterocycles. The summed E-state index contributed by atoms with van der Waals surface area (Å²) in [5.41, 5.74) is 4.73. The van der Waals surface area contributed by atoms with Gasteiger partial charge in [0.05, 0.1) is 0 Å². The van der Waals surface area contributed by atoms with Crippen molar-refractivity contribution < 1.29 is 0 Å². The molecule has 1 nitrogen and oxygen atoms in total. The number of benzene rings is 1. The smallest absolute Gasteiger partial charge is 0.0406 e. The molecule has 1 N–H and O–H groups in total. The van der Waals surface area contributed by atoms with Gasteiger partial charge in [-0.1, -0.05) is 25.1 Å². The molecule has 2 aliphatic rings. The average Bonchev–Trinajstić information content (AvgIpc) is 2.95. The van der Waals surface area contributed by atoms with E-state index in [1.807, 2.05) is 0 Å². The predicted molar refractivity (Wildman–Crippen MR) is 86.4 cm³/mol. The van der Waals surface area contributed by atoms with Crippen LogP contribution in [0, 0.1) is 5.92 Å². The normalized spacial score (nSPS) is 29.4. The third-order valence-electron chi connectivity index (χ3n) is 5.32. The van der Waals surface area contributed by atoms with Crippen molar-refractivity contribution in [1.29, 1.82) is 0 Å². The number of alkyl halides is 1. The summed E-state index contributed by atoms with van der Waals surface area (Å²) in [7, 11) is 0. The fourth-order valence-corrected chi connectivity index (χ4v) is 4.06. The van der Waals surface area contributed by atoms with Gasteiger partial charge in [0.2, 0.25) is 0 Å². The van der Waals surface area contributed by atoms with E-state index in [1.165, 1.54) is 50.5 Å². The second kappa shape index (κ2) is 6.07. The second-order valence-electron chi connectivity index (χ2n) is 6.91. The van der Waals surface area contributed by atoms with Crippen LogP contribution in [0.4, 0.5) is 0 Å². The van der Waals surface area contributed by atoms with Crippen LogP contribution in [0.3, 0.4) is 0 Å². The molecule has 3 rings (SSSR count). The SMILES string of the molecule is CC1CCC(CCl)(NCc2ccc3c(c2)CCC3)CC1. The van der Waals surface area contributed by atoms with Crippen molar-refractivity contribution in [3.63, 3.8) is 0 Å². The molecule has 1 fully saturated rings. The largest absolute Gasteiger partial charge is 0.306 e. The second-order valence-corrected chi connectivity index (χ2v) is 7.17. The van der Waals surface area contributed by atoms with Crippen molar-refractivity contribution in [2.45, 2.75) is 64.0 Å². The first kappa shape index (κ1) is 14.4. The summed E-state index contributed by atoms with van der Waals surface area (Å²) in [4.78, 5) is 0. The first-order valence-electron chi connectivity index (χ1n) is 8.12. The molecule has 2 heteroatoms. The van der Waals surface area contributed by atoms with Crippen LogP contribution in [-0.4, -0.2) is 11.4 Å². The zero-order chi connectivity index (χ0) is 14.0. The minimum atomic E-state index is 0.174. The first-order chi connectivity index (χ1) is 9.71. The number of rotatable bonds is 4. The zero-order valence-electron chi connectivity index (χ0n) is 12.6.